The van der Waals surface area contributed by atoms with Gasteiger partial charge < -0.3 is 20.1 Å². The van der Waals surface area contributed by atoms with E-state index in [4.69, 9.17) is 15.2 Å². The molecule has 0 aliphatic carbocycles. The number of carbonyl (C=O) groups is 1. The fourth-order valence-corrected chi connectivity index (χ4v) is 3.67. The number of piperidine rings is 1. The van der Waals surface area contributed by atoms with Crippen LogP contribution >= 0.6 is 0 Å². The van der Waals surface area contributed by atoms with Crippen molar-refractivity contribution < 1.29 is 14.3 Å². The number of benzene rings is 2. The van der Waals surface area contributed by atoms with E-state index in [0.717, 1.165) is 30.2 Å². The molecule has 0 amide bonds. The van der Waals surface area contributed by atoms with Gasteiger partial charge in [-0.3, -0.25) is 4.79 Å². The molecular formula is C22H24N4O3. The average Bonchev–Trinajstić information content (AvgIpc) is 2.75. The van der Waals surface area contributed by atoms with E-state index in [2.05, 4.69) is 9.97 Å². The first kappa shape index (κ1) is 19.0. The van der Waals surface area contributed by atoms with Crippen molar-refractivity contribution in [1.82, 2.24) is 9.97 Å². The lowest BCUT2D eigenvalue weighted by Gasteiger charge is -2.33. The van der Waals surface area contributed by atoms with Gasteiger partial charge in [0.15, 0.2) is 5.82 Å². The number of ether oxygens (including phenoxy) is 2. The summed E-state index contributed by atoms with van der Waals surface area (Å²) in [6.45, 7) is 3.49. The van der Waals surface area contributed by atoms with Crippen molar-refractivity contribution in [3.8, 4) is 11.6 Å². The molecule has 2 heterocycles. The molecule has 1 atom stereocenters. The summed E-state index contributed by atoms with van der Waals surface area (Å²) in [5.74, 6) is 1.21. The number of nitrogen functional groups attached to an aromatic ring is 1. The number of rotatable bonds is 5. The summed E-state index contributed by atoms with van der Waals surface area (Å²) in [6, 6.07) is 13.9. The Morgan fingerprint density at radius 2 is 2.03 bits per heavy atom. The molecule has 1 unspecified atom stereocenters. The maximum absolute atomic E-state index is 12.1. The molecule has 2 aromatic carbocycles. The van der Waals surface area contributed by atoms with E-state index in [1.807, 2.05) is 54.3 Å². The molecule has 0 saturated carbocycles. The van der Waals surface area contributed by atoms with E-state index >= 15 is 0 Å². The molecule has 7 heteroatoms. The zero-order valence-electron chi connectivity index (χ0n) is 16.4. The van der Waals surface area contributed by atoms with Crippen molar-refractivity contribution in [2.24, 2.45) is 5.92 Å². The Morgan fingerprint density at radius 1 is 1.21 bits per heavy atom. The molecule has 29 heavy (non-hydrogen) atoms. The Bertz CT molecular complexity index is 1020. The molecule has 150 valence electrons. The molecule has 0 radical (unpaired) electrons. The number of aromatic nitrogens is 2. The van der Waals surface area contributed by atoms with Crippen LogP contribution in [0.15, 0.2) is 48.8 Å². The van der Waals surface area contributed by atoms with Gasteiger partial charge in [0.25, 0.3) is 0 Å². The summed E-state index contributed by atoms with van der Waals surface area (Å²) in [4.78, 5) is 22.7. The highest BCUT2D eigenvalue weighted by Gasteiger charge is 2.29. The van der Waals surface area contributed by atoms with Crippen LogP contribution in [-0.4, -0.2) is 35.6 Å². The predicted molar refractivity (Wildman–Crippen MR) is 112 cm³/mol. The van der Waals surface area contributed by atoms with Crippen LogP contribution in [0.3, 0.4) is 0 Å². The van der Waals surface area contributed by atoms with Crippen LogP contribution in [0, 0.1) is 5.92 Å². The van der Waals surface area contributed by atoms with Crippen molar-refractivity contribution >= 4 is 28.2 Å². The summed E-state index contributed by atoms with van der Waals surface area (Å²) in [6.07, 6.45) is 3.12. The fourth-order valence-electron chi connectivity index (χ4n) is 3.67. The van der Waals surface area contributed by atoms with Gasteiger partial charge in [-0.2, -0.15) is 4.98 Å². The molecule has 3 aromatic rings. The number of carbonyl (C=O) groups excluding carboxylic acids is 1. The molecule has 0 bridgehead atoms. The maximum atomic E-state index is 12.1. The number of esters is 1. The van der Waals surface area contributed by atoms with Crippen LogP contribution in [0.2, 0.25) is 0 Å². The quantitative estimate of drug-likeness (QED) is 0.661. The Labute approximate surface area is 169 Å². The second-order valence-corrected chi connectivity index (χ2v) is 7.06. The van der Waals surface area contributed by atoms with Gasteiger partial charge in [0.2, 0.25) is 5.88 Å². The number of hydrogen-bond acceptors (Lipinski definition) is 7. The van der Waals surface area contributed by atoms with Crippen LogP contribution in [0.25, 0.3) is 10.8 Å². The minimum Gasteiger partial charge on any atom is -0.466 e. The van der Waals surface area contributed by atoms with Crippen molar-refractivity contribution in [2.45, 2.75) is 19.8 Å². The van der Waals surface area contributed by atoms with Gasteiger partial charge in [0, 0.05) is 13.1 Å². The number of nitrogens with two attached hydrogens (primary N) is 1. The van der Waals surface area contributed by atoms with E-state index in [-0.39, 0.29) is 11.9 Å². The summed E-state index contributed by atoms with van der Waals surface area (Å²) in [5.41, 5.74) is 6.71. The van der Waals surface area contributed by atoms with Crippen molar-refractivity contribution in [3.63, 3.8) is 0 Å². The molecule has 1 aromatic heterocycles. The number of nitrogens with zero attached hydrogens (tertiary/aromatic N) is 3. The molecule has 4 rings (SSSR count). The standard InChI is InChI=1S/C22H24N4O3/c1-2-28-22(27)17-8-5-11-26(13-17)20-19(23)21(25-14-24-20)29-18-10-9-15-6-3-4-7-16(15)12-18/h3-4,6-7,9-10,12,14,17H,2,5,8,11,13,23H2,1H3. The van der Waals surface area contributed by atoms with E-state index in [0.29, 0.717) is 36.3 Å². The first-order valence-electron chi connectivity index (χ1n) is 9.84. The lowest BCUT2D eigenvalue weighted by Crippen LogP contribution is -2.40. The highest BCUT2D eigenvalue weighted by Crippen LogP contribution is 2.34. The zero-order valence-corrected chi connectivity index (χ0v) is 16.4. The highest BCUT2D eigenvalue weighted by atomic mass is 16.5. The lowest BCUT2D eigenvalue weighted by atomic mass is 9.98. The SMILES string of the molecule is CCOC(=O)C1CCCN(c2ncnc(Oc3ccc4ccccc4c3)c2N)C1. The van der Waals surface area contributed by atoms with Crippen LogP contribution < -0.4 is 15.4 Å². The molecule has 1 aliphatic heterocycles. The third-order valence-corrected chi connectivity index (χ3v) is 5.10. The highest BCUT2D eigenvalue weighted by molar-refractivity contribution is 5.84. The fraction of sp³-hybridized carbons (Fsp3) is 0.318. The van der Waals surface area contributed by atoms with E-state index in [1.54, 1.807) is 0 Å². The molecule has 7 nitrogen and oxygen atoms in total. The minimum absolute atomic E-state index is 0.169. The van der Waals surface area contributed by atoms with Gasteiger partial charge in [-0.05, 0) is 42.7 Å². The van der Waals surface area contributed by atoms with Crippen molar-refractivity contribution in [3.05, 3.63) is 48.8 Å². The normalized spacial score (nSPS) is 16.6. The largest absolute Gasteiger partial charge is 0.466 e. The van der Waals surface area contributed by atoms with Gasteiger partial charge >= 0.3 is 5.97 Å². The average molecular weight is 392 g/mol. The zero-order chi connectivity index (χ0) is 20.2. The Kier molecular flexibility index (Phi) is 5.46. The minimum atomic E-state index is -0.178. The van der Waals surface area contributed by atoms with Gasteiger partial charge in [0.1, 0.15) is 17.8 Å². The van der Waals surface area contributed by atoms with E-state index in [1.165, 1.54) is 6.33 Å². The topological polar surface area (TPSA) is 90.6 Å². The maximum Gasteiger partial charge on any atom is 0.310 e. The summed E-state index contributed by atoms with van der Waals surface area (Å²) < 4.78 is 11.1. The molecule has 1 aliphatic rings. The summed E-state index contributed by atoms with van der Waals surface area (Å²) in [7, 11) is 0. The van der Waals surface area contributed by atoms with E-state index in [9.17, 15) is 4.79 Å². The molecule has 1 fully saturated rings. The van der Waals surface area contributed by atoms with Gasteiger partial charge in [-0.15, -0.1) is 0 Å². The van der Waals surface area contributed by atoms with Crippen LogP contribution in [0.5, 0.6) is 11.6 Å². The third kappa shape index (κ3) is 4.08. The Morgan fingerprint density at radius 3 is 2.86 bits per heavy atom. The van der Waals surface area contributed by atoms with Crippen LogP contribution in [0.1, 0.15) is 19.8 Å². The van der Waals surface area contributed by atoms with Crippen LogP contribution in [0.4, 0.5) is 11.5 Å². The first-order valence-corrected chi connectivity index (χ1v) is 9.84. The molecule has 1 saturated heterocycles. The summed E-state index contributed by atoms with van der Waals surface area (Å²) >= 11 is 0. The smallest absolute Gasteiger partial charge is 0.310 e. The second kappa shape index (κ2) is 8.34. The monoisotopic (exact) mass is 392 g/mol. The van der Waals surface area contributed by atoms with Gasteiger partial charge in [-0.25, -0.2) is 4.98 Å². The Hall–Kier alpha value is -3.35. The lowest BCUT2D eigenvalue weighted by molar-refractivity contribution is -0.148. The predicted octanol–water partition coefficient (Wildman–Crippen LogP) is 3.78. The number of hydrogen-bond donors (Lipinski definition) is 1. The molecular weight excluding hydrogens is 368 g/mol. The van der Waals surface area contributed by atoms with Crippen molar-refractivity contribution in [2.75, 3.05) is 30.3 Å². The van der Waals surface area contributed by atoms with Crippen LogP contribution in [-0.2, 0) is 9.53 Å². The number of anilines is 2. The van der Waals surface area contributed by atoms with Crippen molar-refractivity contribution in [1.29, 1.82) is 0 Å². The first-order chi connectivity index (χ1) is 14.2. The van der Waals surface area contributed by atoms with Gasteiger partial charge in [-0.1, -0.05) is 30.3 Å². The molecule has 2 N–H and O–H groups in total. The van der Waals surface area contributed by atoms with E-state index < -0.39 is 0 Å². The number of fused-ring (bicyclic) bond motifs is 1. The second-order valence-electron chi connectivity index (χ2n) is 7.06. The third-order valence-electron chi connectivity index (χ3n) is 5.10. The summed E-state index contributed by atoms with van der Waals surface area (Å²) in [5, 5.41) is 2.21. The Balaban J connectivity index is 1.55. The molecule has 0 spiro atoms. The van der Waals surface area contributed by atoms with Gasteiger partial charge in [0.05, 0.1) is 12.5 Å².